The monoisotopic (exact) mass is 518 g/mol. The molecule has 33 heavy (non-hydrogen) atoms. The predicted molar refractivity (Wildman–Crippen MR) is 139 cm³/mol. The van der Waals surface area contributed by atoms with Crippen LogP contribution in [0.1, 0.15) is 34.7 Å². The van der Waals surface area contributed by atoms with Gasteiger partial charge in [-0.15, -0.1) is 0 Å². The number of phenols is 1. The van der Waals surface area contributed by atoms with E-state index in [9.17, 15) is 5.11 Å². The third-order valence-electron chi connectivity index (χ3n) is 6.11. The van der Waals surface area contributed by atoms with Crippen LogP contribution in [-0.4, -0.2) is 19.8 Å². The van der Waals surface area contributed by atoms with E-state index in [2.05, 4.69) is 67.7 Å². The summed E-state index contributed by atoms with van der Waals surface area (Å²) in [4.78, 5) is 6.81. The van der Waals surface area contributed by atoms with Gasteiger partial charge < -0.3 is 19.9 Å². The average Bonchev–Trinajstić information content (AvgIpc) is 3.31. The zero-order valence-electron chi connectivity index (χ0n) is 18.2. The van der Waals surface area contributed by atoms with Gasteiger partial charge in [0.2, 0.25) is 0 Å². The third kappa shape index (κ3) is 3.81. The molecular weight excluding hydrogens is 496 g/mol. The second kappa shape index (κ2) is 8.65. The van der Waals surface area contributed by atoms with Crippen LogP contribution in [0.3, 0.4) is 0 Å². The van der Waals surface area contributed by atoms with Gasteiger partial charge in [0.1, 0.15) is 5.75 Å². The SMILES string of the molecule is Cc1cc([C@@H]2[C@H](c3ccccn3)NC(=S)N2c2ccc(Br)cc2)c(C)n1-c1ccccc1O. The number of pyridine rings is 1. The van der Waals surface area contributed by atoms with Crippen molar-refractivity contribution in [3.05, 3.63) is 106 Å². The van der Waals surface area contributed by atoms with Crippen LogP contribution in [0.5, 0.6) is 5.75 Å². The third-order valence-corrected chi connectivity index (χ3v) is 6.96. The first-order valence-electron chi connectivity index (χ1n) is 10.7. The fraction of sp³-hybridized carbons (Fsp3) is 0.154. The van der Waals surface area contributed by atoms with E-state index in [4.69, 9.17) is 12.2 Å². The Morgan fingerprint density at radius 1 is 1.00 bits per heavy atom. The van der Waals surface area contributed by atoms with Gasteiger partial charge in [-0.1, -0.05) is 34.1 Å². The standard InChI is InChI=1S/C26H23BrN4OS/c1-16-15-20(17(2)30(16)22-8-3-4-9-23(22)32)25-24(21-7-5-6-14-28-21)29-26(33)31(25)19-12-10-18(27)11-13-19/h3-15,24-25,32H,1-2H3,(H,29,33)/t24-,25+/m0/s1. The molecule has 166 valence electrons. The average molecular weight is 519 g/mol. The molecule has 0 amide bonds. The number of para-hydroxylation sites is 2. The summed E-state index contributed by atoms with van der Waals surface area (Å²) < 4.78 is 3.11. The van der Waals surface area contributed by atoms with Gasteiger partial charge in [-0.3, -0.25) is 4.98 Å². The number of thiocarbonyl (C=S) groups is 1. The molecule has 5 nitrogen and oxygen atoms in total. The predicted octanol–water partition coefficient (Wildman–Crippen LogP) is 6.13. The number of hydrogen-bond donors (Lipinski definition) is 2. The van der Waals surface area contributed by atoms with Crippen molar-refractivity contribution in [2.75, 3.05) is 4.90 Å². The van der Waals surface area contributed by atoms with Gasteiger partial charge in [-0.25, -0.2) is 0 Å². The second-order valence-corrected chi connectivity index (χ2v) is 9.43. The molecule has 1 aliphatic rings. The molecular formula is C26H23BrN4OS. The quantitative estimate of drug-likeness (QED) is 0.318. The molecule has 4 aromatic rings. The van der Waals surface area contributed by atoms with Crippen molar-refractivity contribution in [3.8, 4) is 11.4 Å². The van der Waals surface area contributed by atoms with Crippen molar-refractivity contribution in [2.24, 2.45) is 0 Å². The number of aromatic nitrogens is 2. The summed E-state index contributed by atoms with van der Waals surface area (Å²) in [6.07, 6.45) is 1.81. The summed E-state index contributed by atoms with van der Waals surface area (Å²) in [6.45, 7) is 4.15. The van der Waals surface area contributed by atoms with E-state index in [0.717, 1.165) is 38.5 Å². The van der Waals surface area contributed by atoms with Crippen molar-refractivity contribution >= 4 is 38.9 Å². The Hall–Kier alpha value is -3.16. The van der Waals surface area contributed by atoms with Gasteiger partial charge in [0.05, 0.1) is 23.5 Å². The van der Waals surface area contributed by atoms with Crippen LogP contribution < -0.4 is 10.2 Å². The first-order valence-corrected chi connectivity index (χ1v) is 11.9. The van der Waals surface area contributed by atoms with Gasteiger partial charge in [0.25, 0.3) is 0 Å². The van der Waals surface area contributed by atoms with Crippen molar-refractivity contribution < 1.29 is 5.11 Å². The number of anilines is 1. The number of hydrogen-bond acceptors (Lipinski definition) is 3. The number of halogens is 1. The van der Waals surface area contributed by atoms with Crippen molar-refractivity contribution in [3.63, 3.8) is 0 Å². The minimum Gasteiger partial charge on any atom is -0.506 e. The first kappa shape index (κ1) is 21.7. The van der Waals surface area contributed by atoms with E-state index in [1.807, 2.05) is 54.7 Å². The van der Waals surface area contributed by atoms with Gasteiger partial charge in [0.15, 0.2) is 5.11 Å². The van der Waals surface area contributed by atoms with Crippen LogP contribution in [0, 0.1) is 13.8 Å². The zero-order valence-corrected chi connectivity index (χ0v) is 20.6. The number of nitrogens with one attached hydrogen (secondary N) is 1. The fourth-order valence-electron chi connectivity index (χ4n) is 4.66. The molecule has 0 radical (unpaired) electrons. The van der Waals surface area contributed by atoms with Crippen LogP contribution in [-0.2, 0) is 0 Å². The highest BCUT2D eigenvalue weighted by Crippen LogP contribution is 2.44. The molecule has 0 unspecified atom stereocenters. The number of aromatic hydroxyl groups is 1. The maximum Gasteiger partial charge on any atom is 0.174 e. The minimum atomic E-state index is -0.124. The molecule has 1 saturated heterocycles. The fourth-order valence-corrected chi connectivity index (χ4v) is 5.27. The highest BCUT2D eigenvalue weighted by Gasteiger charge is 2.42. The Bertz CT molecular complexity index is 1320. The van der Waals surface area contributed by atoms with E-state index in [-0.39, 0.29) is 17.8 Å². The highest BCUT2D eigenvalue weighted by molar-refractivity contribution is 9.10. The van der Waals surface area contributed by atoms with E-state index in [1.165, 1.54) is 0 Å². The molecule has 2 atom stereocenters. The van der Waals surface area contributed by atoms with Crippen LogP contribution in [0.25, 0.3) is 5.69 Å². The Labute approximate surface area is 206 Å². The summed E-state index contributed by atoms with van der Waals surface area (Å²) in [5.41, 5.74) is 5.91. The normalized spacial score (nSPS) is 17.9. The van der Waals surface area contributed by atoms with Crippen LogP contribution in [0.2, 0.25) is 0 Å². The molecule has 1 fully saturated rings. The zero-order chi connectivity index (χ0) is 23.1. The van der Waals surface area contributed by atoms with Gasteiger partial charge in [0, 0.05) is 27.7 Å². The summed E-state index contributed by atoms with van der Waals surface area (Å²) in [5.74, 6) is 0.247. The Morgan fingerprint density at radius 2 is 1.73 bits per heavy atom. The van der Waals surface area contributed by atoms with Crippen LogP contribution in [0.4, 0.5) is 5.69 Å². The van der Waals surface area contributed by atoms with Crippen molar-refractivity contribution in [1.29, 1.82) is 0 Å². The van der Waals surface area contributed by atoms with E-state index >= 15 is 0 Å². The van der Waals surface area contributed by atoms with E-state index < -0.39 is 0 Å². The van der Waals surface area contributed by atoms with Crippen LogP contribution >= 0.6 is 28.1 Å². The first-order chi connectivity index (χ1) is 16.0. The molecule has 2 N–H and O–H groups in total. The summed E-state index contributed by atoms with van der Waals surface area (Å²) in [6, 6.07) is 23.5. The largest absolute Gasteiger partial charge is 0.506 e. The molecule has 0 bridgehead atoms. The molecule has 7 heteroatoms. The van der Waals surface area contributed by atoms with Crippen LogP contribution in [0.15, 0.2) is 83.5 Å². The molecule has 2 aromatic heterocycles. The minimum absolute atomic E-state index is 0.112. The topological polar surface area (TPSA) is 53.3 Å². The number of phenolic OH excluding ortho intramolecular Hbond substituents is 1. The van der Waals surface area contributed by atoms with E-state index in [1.54, 1.807) is 6.07 Å². The molecule has 0 spiro atoms. The van der Waals surface area contributed by atoms with E-state index in [0.29, 0.717) is 5.11 Å². The number of benzene rings is 2. The summed E-state index contributed by atoms with van der Waals surface area (Å²) in [7, 11) is 0. The second-order valence-electron chi connectivity index (χ2n) is 8.12. The molecule has 3 heterocycles. The number of nitrogens with zero attached hydrogens (tertiary/aromatic N) is 3. The Balaban J connectivity index is 1.69. The van der Waals surface area contributed by atoms with Gasteiger partial charge in [-0.2, -0.15) is 0 Å². The highest BCUT2D eigenvalue weighted by atomic mass is 79.9. The van der Waals surface area contributed by atoms with Crippen molar-refractivity contribution in [2.45, 2.75) is 25.9 Å². The number of aryl methyl sites for hydroxylation is 1. The smallest absolute Gasteiger partial charge is 0.174 e. The lowest BCUT2D eigenvalue weighted by Gasteiger charge is -2.28. The number of rotatable bonds is 4. The summed E-state index contributed by atoms with van der Waals surface area (Å²) >= 11 is 9.37. The molecule has 1 aliphatic heterocycles. The molecule has 2 aromatic carbocycles. The lowest BCUT2D eigenvalue weighted by molar-refractivity contribution is 0.471. The molecule has 0 saturated carbocycles. The Kier molecular flexibility index (Phi) is 5.68. The van der Waals surface area contributed by atoms with Crippen molar-refractivity contribution in [1.82, 2.24) is 14.9 Å². The Morgan fingerprint density at radius 3 is 2.42 bits per heavy atom. The lowest BCUT2D eigenvalue weighted by atomic mass is 9.96. The maximum absolute atomic E-state index is 10.5. The lowest BCUT2D eigenvalue weighted by Crippen LogP contribution is -2.29. The van der Waals surface area contributed by atoms with Gasteiger partial charge >= 0.3 is 0 Å². The molecule has 0 aliphatic carbocycles. The molecule has 5 rings (SSSR count). The van der Waals surface area contributed by atoms with Gasteiger partial charge in [-0.05, 0) is 86.2 Å². The summed E-state index contributed by atoms with van der Waals surface area (Å²) in [5, 5.41) is 14.7. The maximum atomic E-state index is 10.5.